The number of fused-ring (bicyclic) bond motifs is 3. The summed E-state index contributed by atoms with van der Waals surface area (Å²) in [4.78, 5) is 42.6. The van der Waals surface area contributed by atoms with E-state index in [1.807, 2.05) is 49.3 Å². The van der Waals surface area contributed by atoms with Crippen molar-refractivity contribution in [2.75, 3.05) is 32.1 Å². The van der Waals surface area contributed by atoms with Crippen LogP contribution in [-0.2, 0) is 27.3 Å². The van der Waals surface area contributed by atoms with Crippen molar-refractivity contribution in [3.63, 3.8) is 0 Å². The van der Waals surface area contributed by atoms with Crippen LogP contribution >= 0.6 is 0 Å². The number of amides is 1. The van der Waals surface area contributed by atoms with Gasteiger partial charge in [0.15, 0.2) is 11.4 Å². The van der Waals surface area contributed by atoms with Crippen molar-refractivity contribution < 1.29 is 34.8 Å². The molecule has 0 spiro atoms. The number of Topliss-reactive ketones (excluding diaryl/α,β-unsaturated/α-hetero) is 2. The summed E-state index contributed by atoms with van der Waals surface area (Å²) in [5, 5.41) is 45.5. The number of carbonyl (C=O) groups excluding carboxylic acids is 3. The van der Waals surface area contributed by atoms with Crippen LogP contribution in [-0.4, -0.2) is 75.6 Å². The first kappa shape index (κ1) is 28.0. The van der Waals surface area contributed by atoms with Crippen LogP contribution in [0.2, 0.25) is 0 Å². The molecule has 6 rings (SSSR count). The number of hydrogen-bond donors (Lipinski definition) is 5. The normalized spacial score (nSPS) is 25.8. The average molecular weight is 574 g/mol. The van der Waals surface area contributed by atoms with E-state index >= 15 is 0 Å². The highest BCUT2D eigenvalue weighted by Gasteiger charge is 2.60. The Bertz CT molecular complexity index is 1580. The fourth-order valence-corrected chi connectivity index (χ4v) is 7.28. The van der Waals surface area contributed by atoms with Crippen LogP contribution in [0.15, 0.2) is 47.2 Å². The van der Waals surface area contributed by atoms with Crippen LogP contribution in [0.25, 0.3) is 16.9 Å². The summed E-state index contributed by atoms with van der Waals surface area (Å²) in [6.45, 7) is 3.01. The van der Waals surface area contributed by atoms with Gasteiger partial charge in [-0.3, -0.25) is 19.3 Å². The number of aromatic hydroxyl groups is 1. The molecule has 2 aromatic rings. The maximum atomic E-state index is 13.9. The standard InChI is InChI=1S/C32H35N3O7/c1-34(2)22-14-20(17-7-5-16(6-8-17)15-35-9-3-4-10-35)27(37)25-21(22)12-18-11-19-13-23(36)26(31(33)41)30(40)32(19,42)29(39)24(18)28(25)38/h5-8,14,18-19,37-38,40,42H,3-4,9-13,15H2,1-2H3,(H2,33,41). The third kappa shape index (κ3) is 4.12. The minimum Gasteiger partial charge on any atom is -0.508 e. The van der Waals surface area contributed by atoms with Gasteiger partial charge in [-0.25, -0.2) is 0 Å². The van der Waals surface area contributed by atoms with Crippen molar-refractivity contribution in [2.24, 2.45) is 17.6 Å². The highest BCUT2D eigenvalue weighted by Crippen LogP contribution is 2.54. The predicted molar refractivity (Wildman–Crippen MR) is 156 cm³/mol. The smallest absolute Gasteiger partial charge is 0.255 e. The van der Waals surface area contributed by atoms with Gasteiger partial charge >= 0.3 is 0 Å². The lowest BCUT2D eigenvalue weighted by atomic mass is 9.59. The summed E-state index contributed by atoms with van der Waals surface area (Å²) in [7, 11) is 3.70. The van der Waals surface area contributed by atoms with E-state index in [4.69, 9.17) is 5.73 Å². The summed E-state index contributed by atoms with van der Waals surface area (Å²) in [5.41, 5.74) is 5.57. The van der Waals surface area contributed by atoms with Gasteiger partial charge in [-0.05, 0) is 67.4 Å². The van der Waals surface area contributed by atoms with Gasteiger partial charge in [0, 0.05) is 49.8 Å². The minimum atomic E-state index is -2.58. The van der Waals surface area contributed by atoms with E-state index in [2.05, 4.69) is 4.90 Å². The molecule has 1 saturated heterocycles. The van der Waals surface area contributed by atoms with E-state index in [9.17, 15) is 34.8 Å². The van der Waals surface area contributed by atoms with Crippen LogP contribution < -0.4 is 10.6 Å². The SMILES string of the molecule is CN(C)c1cc(-c2ccc(CN3CCCC3)cc2)c(O)c2c1CC1CC3CC(=O)C(C(N)=O)=C(O)C3(O)C(=O)C1=C2O. The van der Waals surface area contributed by atoms with Gasteiger partial charge in [-0.15, -0.1) is 0 Å². The van der Waals surface area contributed by atoms with E-state index in [-0.39, 0.29) is 36.1 Å². The van der Waals surface area contributed by atoms with Gasteiger partial charge in [-0.2, -0.15) is 0 Å². The molecule has 0 radical (unpaired) electrons. The van der Waals surface area contributed by atoms with Gasteiger partial charge in [0.25, 0.3) is 5.91 Å². The van der Waals surface area contributed by atoms with E-state index in [0.717, 1.165) is 36.4 Å². The van der Waals surface area contributed by atoms with Crippen molar-refractivity contribution in [3.05, 3.63) is 63.9 Å². The van der Waals surface area contributed by atoms with Gasteiger partial charge < -0.3 is 31.1 Å². The van der Waals surface area contributed by atoms with Crippen LogP contribution in [0.5, 0.6) is 5.75 Å². The second-order valence-corrected chi connectivity index (χ2v) is 12.1. The van der Waals surface area contributed by atoms with Crippen LogP contribution in [0, 0.1) is 11.8 Å². The highest BCUT2D eigenvalue weighted by atomic mass is 16.3. The second-order valence-electron chi connectivity index (χ2n) is 12.1. The number of ketones is 2. The van der Waals surface area contributed by atoms with Crippen molar-refractivity contribution in [1.29, 1.82) is 0 Å². The molecule has 220 valence electrons. The van der Waals surface area contributed by atoms with Gasteiger partial charge in [0.05, 0.1) is 5.56 Å². The molecule has 0 bridgehead atoms. The monoisotopic (exact) mass is 573 g/mol. The Labute approximate surface area is 243 Å². The lowest BCUT2D eigenvalue weighted by molar-refractivity contribution is -0.147. The molecule has 2 fully saturated rings. The van der Waals surface area contributed by atoms with Crippen molar-refractivity contribution in [1.82, 2.24) is 4.90 Å². The lowest BCUT2D eigenvalue weighted by Gasteiger charge is -2.46. The predicted octanol–water partition coefficient (Wildman–Crippen LogP) is 2.75. The number of nitrogens with zero attached hydrogens (tertiary/aromatic N) is 2. The molecular formula is C32H35N3O7. The topological polar surface area (TPSA) is 165 Å². The Morgan fingerprint density at radius 1 is 1.07 bits per heavy atom. The zero-order valence-corrected chi connectivity index (χ0v) is 23.7. The Morgan fingerprint density at radius 2 is 1.74 bits per heavy atom. The van der Waals surface area contributed by atoms with Crippen LogP contribution in [0.3, 0.4) is 0 Å². The molecular weight excluding hydrogens is 538 g/mol. The number of rotatable bonds is 5. The fraction of sp³-hybridized carbons (Fsp3) is 0.406. The fourth-order valence-electron chi connectivity index (χ4n) is 7.28. The highest BCUT2D eigenvalue weighted by molar-refractivity contribution is 6.22. The zero-order valence-electron chi connectivity index (χ0n) is 23.7. The molecule has 3 aliphatic carbocycles. The molecule has 2 aromatic carbocycles. The molecule has 1 heterocycles. The second kappa shape index (κ2) is 9.99. The quantitative estimate of drug-likeness (QED) is 0.338. The third-order valence-electron chi connectivity index (χ3n) is 9.39. The van der Waals surface area contributed by atoms with Crippen molar-refractivity contribution in [3.8, 4) is 16.9 Å². The molecule has 6 N–H and O–H groups in total. The largest absolute Gasteiger partial charge is 0.508 e. The van der Waals surface area contributed by atoms with E-state index in [0.29, 0.717) is 11.1 Å². The Balaban J connectivity index is 1.46. The number of phenolic OH excluding ortho intramolecular Hbond substituents is 1. The first-order valence-electron chi connectivity index (χ1n) is 14.3. The van der Waals surface area contributed by atoms with Crippen molar-refractivity contribution in [2.45, 2.75) is 44.2 Å². The molecule has 10 nitrogen and oxygen atoms in total. The number of anilines is 1. The number of likely N-dealkylation sites (tertiary alicyclic amines) is 1. The molecule has 0 aromatic heterocycles. The molecule has 3 atom stereocenters. The van der Waals surface area contributed by atoms with Gasteiger partial charge in [-0.1, -0.05) is 24.3 Å². The maximum absolute atomic E-state index is 13.9. The molecule has 3 unspecified atom stereocenters. The van der Waals surface area contributed by atoms with E-state index in [1.54, 1.807) is 0 Å². The number of carbonyl (C=O) groups is 3. The lowest BCUT2D eigenvalue weighted by Crippen LogP contribution is -2.58. The number of primary amides is 1. The number of aliphatic hydroxyl groups excluding tert-OH is 2. The number of benzene rings is 2. The summed E-state index contributed by atoms with van der Waals surface area (Å²) in [6, 6.07) is 9.75. The minimum absolute atomic E-state index is 0.0875. The Hall–Kier alpha value is -4.15. The van der Waals surface area contributed by atoms with E-state index in [1.165, 1.54) is 12.8 Å². The number of phenols is 1. The number of hydrogen-bond acceptors (Lipinski definition) is 9. The number of aliphatic hydroxyl groups is 3. The molecule has 1 saturated carbocycles. The average Bonchev–Trinajstić information content (AvgIpc) is 3.44. The van der Waals surface area contributed by atoms with Gasteiger partial charge in [0.2, 0.25) is 5.78 Å². The third-order valence-corrected chi connectivity index (χ3v) is 9.39. The summed E-state index contributed by atoms with van der Waals surface area (Å²) in [6.07, 6.45) is 2.41. The van der Waals surface area contributed by atoms with Crippen LogP contribution in [0.4, 0.5) is 5.69 Å². The molecule has 10 heteroatoms. The van der Waals surface area contributed by atoms with Crippen LogP contribution in [0.1, 0.15) is 42.4 Å². The zero-order chi connectivity index (χ0) is 30.1. The summed E-state index contributed by atoms with van der Waals surface area (Å²) in [5.74, 6) is -6.33. The summed E-state index contributed by atoms with van der Waals surface area (Å²) >= 11 is 0. The van der Waals surface area contributed by atoms with E-state index < -0.39 is 52.0 Å². The Kier molecular flexibility index (Phi) is 6.66. The molecule has 1 amide bonds. The van der Waals surface area contributed by atoms with Crippen molar-refractivity contribution >= 4 is 28.9 Å². The first-order valence-corrected chi connectivity index (χ1v) is 14.3. The summed E-state index contributed by atoms with van der Waals surface area (Å²) < 4.78 is 0. The first-order chi connectivity index (χ1) is 19.9. The molecule has 4 aliphatic rings. The molecule has 42 heavy (non-hydrogen) atoms. The van der Waals surface area contributed by atoms with Gasteiger partial charge in [0.1, 0.15) is 22.8 Å². The number of nitrogens with two attached hydrogens (primary N) is 1. The Morgan fingerprint density at radius 3 is 2.36 bits per heavy atom. The molecule has 1 aliphatic heterocycles. The maximum Gasteiger partial charge on any atom is 0.255 e.